The number of carbonyl (C=O) groups excluding carboxylic acids is 2. The van der Waals surface area contributed by atoms with Gasteiger partial charge in [-0.25, -0.2) is 0 Å². The predicted molar refractivity (Wildman–Crippen MR) is 93.8 cm³/mol. The fraction of sp³-hybridized carbons (Fsp3) is 0.353. The molecular formula is C17H20N4O5. The Morgan fingerprint density at radius 2 is 1.92 bits per heavy atom. The summed E-state index contributed by atoms with van der Waals surface area (Å²) in [7, 11) is 1.59. The number of aromatic nitrogens is 2. The Bertz CT molecular complexity index is 831. The Balaban J connectivity index is 2.02. The Kier molecular flexibility index (Phi) is 5.71. The van der Waals surface area contributed by atoms with E-state index in [4.69, 9.17) is 4.74 Å². The van der Waals surface area contributed by atoms with E-state index >= 15 is 0 Å². The van der Waals surface area contributed by atoms with Crippen molar-refractivity contribution in [1.82, 2.24) is 9.78 Å². The largest absolute Gasteiger partial charge is 0.451 e. The maximum atomic E-state index is 12.4. The Morgan fingerprint density at radius 3 is 2.46 bits per heavy atom. The minimum Gasteiger partial charge on any atom is -0.451 e. The number of hydrogen-bond donors (Lipinski definition) is 0. The standard InChI is InChI=1S/C17H20N4O5/c1-11-16(21(24)25)12(2)20(18-11)10-15(22)26-13(3)17(23)19(4)14-8-6-5-7-9-14/h5-9,13H,10H2,1-4H3/t13-/m1/s1. The van der Waals surface area contributed by atoms with Crippen LogP contribution in [-0.4, -0.2) is 39.7 Å². The number of likely N-dealkylation sites (N-methyl/N-ethyl adjacent to an activating group) is 1. The van der Waals surface area contributed by atoms with E-state index < -0.39 is 17.0 Å². The van der Waals surface area contributed by atoms with Gasteiger partial charge in [-0.3, -0.25) is 24.4 Å². The first kappa shape index (κ1) is 19.1. The number of amides is 1. The summed E-state index contributed by atoms with van der Waals surface area (Å²) in [4.78, 5) is 36.3. The number of aryl methyl sites for hydroxylation is 1. The van der Waals surface area contributed by atoms with Crippen LogP contribution in [-0.2, 0) is 20.9 Å². The first-order valence-electron chi connectivity index (χ1n) is 7.92. The van der Waals surface area contributed by atoms with Crippen LogP contribution in [0.5, 0.6) is 0 Å². The highest BCUT2D eigenvalue weighted by Crippen LogP contribution is 2.21. The number of carbonyl (C=O) groups is 2. The van der Waals surface area contributed by atoms with Crippen LogP contribution in [0.1, 0.15) is 18.3 Å². The number of rotatable bonds is 6. The highest BCUT2D eigenvalue weighted by molar-refractivity contribution is 5.96. The number of nitrogens with zero attached hydrogens (tertiary/aromatic N) is 4. The molecule has 1 amide bonds. The van der Waals surface area contributed by atoms with Crippen molar-refractivity contribution in [1.29, 1.82) is 0 Å². The third-order valence-corrected chi connectivity index (χ3v) is 3.93. The van der Waals surface area contributed by atoms with Gasteiger partial charge in [-0.15, -0.1) is 0 Å². The van der Waals surface area contributed by atoms with Crippen molar-refractivity contribution >= 4 is 23.3 Å². The smallest absolute Gasteiger partial charge is 0.328 e. The lowest BCUT2D eigenvalue weighted by molar-refractivity contribution is -0.386. The van der Waals surface area contributed by atoms with Gasteiger partial charge in [0.2, 0.25) is 0 Å². The molecule has 2 aromatic rings. The van der Waals surface area contributed by atoms with Gasteiger partial charge in [-0.05, 0) is 32.9 Å². The summed E-state index contributed by atoms with van der Waals surface area (Å²) in [6.45, 7) is 4.16. The molecule has 0 aliphatic rings. The van der Waals surface area contributed by atoms with Gasteiger partial charge in [-0.1, -0.05) is 18.2 Å². The second-order valence-corrected chi connectivity index (χ2v) is 5.80. The lowest BCUT2D eigenvalue weighted by Gasteiger charge is -2.21. The van der Waals surface area contributed by atoms with Gasteiger partial charge in [-0.2, -0.15) is 5.10 Å². The molecule has 26 heavy (non-hydrogen) atoms. The minimum absolute atomic E-state index is 0.134. The third kappa shape index (κ3) is 4.05. The zero-order chi connectivity index (χ0) is 19.4. The summed E-state index contributed by atoms with van der Waals surface area (Å²) in [6, 6.07) is 8.96. The van der Waals surface area contributed by atoms with Gasteiger partial charge in [0.05, 0.1) is 4.92 Å². The Morgan fingerprint density at radius 1 is 1.31 bits per heavy atom. The molecule has 138 valence electrons. The monoisotopic (exact) mass is 360 g/mol. The fourth-order valence-corrected chi connectivity index (χ4v) is 2.56. The van der Waals surface area contributed by atoms with Gasteiger partial charge in [0.25, 0.3) is 5.91 Å². The van der Waals surface area contributed by atoms with Crippen LogP contribution in [0.3, 0.4) is 0 Å². The quantitative estimate of drug-likeness (QED) is 0.443. The molecule has 9 nitrogen and oxygen atoms in total. The average molecular weight is 360 g/mol. The Hall–Kier alpha value is -3.23. The van der Waals surface area contributed by atoms with Gasteiger partial charge >= 0.3 is 11.7 Å². The van der Waals surface area contributed by atoms with Gasteiger partial charge in [0.15, 0.2) is 6.10 Å². The van der Waals surface area contributed by atoms with Crippen molar-refractivity contribution in [3.05, 3.63) is 51.8 Å². The number of para-hydroxylation sites is 1. The Labute approximate surface area is 150 Å². The van der Waals surface area contributed by atoms with Crippen molar-refractivity contribution in [3.8, 4) is 0 Å². The van der Waals surface area contributed by atoms with E-state index in [0.717, 1.165) is 0 Å². The van der Waals surface area contributed by atoms with E-state index in [0.29, 0.717) is 5.69 Å². The number of ether oxygens (including phenoxy) is 1. The van der Waals surface area contributed by atoms with Crippen LogP contribution in [0.25, 0.3) is 0 Å². The minimum atomic E-state index is -1.00. The molecule has 0 bridgehead atoms. The van der Waals surface area contributed by atoms with Crippen molar-refractivity contribution in [2.24, 2.45) is 0 Å². The molecule has 0 unspecified atom stereocenters. The second-order valence-electron chi connectivity index (χ2n) is 5.80. The molecule has 0 saturated heterocycles. The predicted octanol–water partition coefficient (Wildman–Crippen LogP) is 2.00. The van der Waals surface area contributed by atoms with E-state index in [1.807, 2.05) is 6.07 Å². The molecule has 0 radical (unpaired) electrons. The molecule has 0 aliphatic carbocycles. The molecular weight excluding hydrogens is 340 g/mol. The molecule has 2 rings (SSSR count). The number of benzene rings is 1. The topological polar surface area (TPSA) is 108 Å². The maximum Gasteiger partial charge on any atom is 0.328 e. The van der Waals surface area contributed by atoms with Crippen molar-refractivity contribution in [2.75, 3.05) is 11.9 Å². The lowest BCUT2D eigenvalue weighted by atomic mass is 10.2. The van der Waals surface area contributed by atoms with Crippen molar-refractivity contribution in [2.45, 2.75) is 33.4 Å². The SMILES string of the molecule is Cc1nn(CC(=O)O[C@H](C)C(=O)N(C)c2ccccc2)c(C)c1[N+](=O)[O-]. The summed E-state index contributed by atoms with van der Waals surface area (Å²) in [6.07, 6.45) is -1.00. The summed E-state index contributed by atoms with van der Waals surface area (Å²) in [5, 5.41) is 15.0. The second kappa shape index (κ2) is 7.77. The van der Waals surface area contributed by atoms with Crippen LogP contribution < -0.4 is 4.90 Å². The normalized spacial score (nSPS) is 11.7. The number of esters is 1. The van der Waals surface area contributed by atoms with Crippen LogP contribution in [0.4, 0.5) is 11.4 Å². The lowest BCUT2D eigenvalue weighted by Crippen LogP contribution is -2.38. The highest BCUT2D eigenvalue weighted by Gasteiger charge is 2.26. The first-order valence-corrected chi connectivity index (χ1v) is 7.92. The van der Waals surface area contributed by atoms with E-state index in [1.165, 1.54) is 30.4 Å². The van der Waals surface area contributed by atoms with Crippen LogP contribution in [0.2, 0.25) is 0 Å². The van der Waals surface area contributed by atoms with Crippen LogP contribution in [0, 0.1) is 24.0 Å². The summed E-state index contributed by atoms with van der Waals surface area (Å²) >= 11 is 0. The fourth-order valence-electron chi connectivity index (χ4n) is 2.56. The van der Waals surface area contributed by atoms with Crippen LogP contribution in [0.15, 0.2) is 30.3 Å². The molecule has 0 fully saturated rings. The summed E-state index contributed by atoms with van der Waals surface area (Å²) in [5.41, 5.74) is 1.01. The van der Waals surface area contributed by atoms with E-state index in [1.54, 1.807) is 31.3 Å². The molecule has 1 atom stereocenters. The maximum absolute atomic E-state index is 12.4. The number of anilines is 1. The third-order valence-electron chi connectivity index (χ3n) is 3.93. The zero-order valence-corrected chi connectivity index (χ0v) is 15.0. The summed E-state index contributed by atoms with van der Waals surface area (Å²) < 4.78 is 6.36. The first-order chi connectivity index (χ1) is 12.2. The molecule has 9 heteroatoms. The van der Waals surface area contributed by atoms with Crippen molar-refractivity contribution in [3.63, 3.8) is 0 Å². The number of hydrogen-bond acceptors (Lipinski definition) is 6. The molecule has 1 heterocycles. The molecule has 1 aromatic heterocycles. The van der Waals surface area contributed by atoms with E-state index in [9.17, 15) is 19.7 Å². The van der Waals surface area contributed by atoms with Gasteiger partial charge < -0.3 is 9.64 Å². The van der Waals surface area contributed by atoms with Gasteiger partial charge in [0, 0.05) is 12.7 Å². The van der Waals surface area contributed by atoms with Crippen LogP contribution >= 0.6 is 0 Å². The van der Waals surface area contributed by atoms with Crippen molar-refractivity contribution < 1.29 is 19.2 Å². The number of nitro groups is 1. The molecule has 0 spiro atoms. The summed E-state index contributed by atoms with van der Waals surface area (Å²) in [5.74, 6) is -1.09. The molecule has 1 aromatic carbocycles. The highest BCUT2D eigenvalue weighted by atomic mass is 16.6. The van der Waals surface area contributed by atoms with E-state index in [-0.39, 0.29) is 29.5 Å². The van der Waals surface area contributed by atoms with E-state index in [2.05, 4.69) is 5.10 Å². The average Bonchev–Trinajstić information content (AvgIpc) is 2.87. The van der Waals surface area contributed by atoms with Gasteiger partial charge in [0.1, 0.15) is 17.9 Å². The molecule has 0 saturated carbocycles. The molecule has 0 aliphatic heterocycles. The zero-order valence-electron chi connectivity index (χ0n) is 15.0. The molecule has 0 N–H and O–H groups in total.